The number of rotatable bonds is 9. The molecule has 1 amide bonds. The number of hydrogen-bond acceptors (Lipinski definition) is 7. The van der Waals surface area contributed by atoms with Crippen LogP contribution in [-0.4, -0.2) is 43.7 Å². The van der Waals surface area contributed by atoms with Crippen molar-refractivity contribution in [2.75, 3.05) is 25.7 Å². The number of methoxy groups -OCH3 is 2. The highest BCUT2D eigenvalue weighted by atomic mass is 16.6. The highest BCUT2D eigenvalue weighted by molar-refractivity contribution is 5.88. The normalized spacial score (nSPS) is 17.6. The minimum Gasteiger partial charge on any atom is -0.497 e. The van der Waals surface area contributed by atoms with Gasteiger partial charge in [-0.15, -0.1) is 0 Å². The molecule has 1 heterocycles. The van der Waals surface area contributed by atoms with Crippen molar-refractivity contribution in [2.45, 2.75) is 51.7 Å². The van der Waals surface area contributed by atoms with Gasteiger partial charge >= 0.3 is 6.09 Å². The molecule has 8 nitrogen and oxygen atoms in total. The van der Waals surface area contributed by atoms with Crippen molar-refractivity contribution in [3.63, 3.8) is 0 Å². The van der Waals surface area contributed by atoms with Crippen molar-refractivity contribution in [3.05, 3.63) is 83.4 Å². The Hall–Kier alpha value is -3.75. The van der Waals surface area contributed by atoms with E-state index in [1.54, 1.807) is 31.3 Å². The maximum atomic E-state index is 13.4. The third kappa shape index (κ3) is 6.03. The minimum atomic E-state index is -0.892. The fraction of sp³-hybridized carbons (Fsp3) is 0.367. The minimum absolute atomic E-state index is 0.103. The van der Waals surface area contributed by atoms with E-state index in [4.69, 9.17) is 23.7 Å². The molecule has 0 aliphatic carbocycles. The summed E-state index contributed by atoms with van der Waals surface area (Å²) in [5.74, 6) is 2.09. The van der Waals surface area contributed by atoms with Gasteiger partial charge in [-0.1, -0.05) is 24.3 Å². The summed E-state index contributed by atoms with van der Waals surface area (Å²) in [5.41, 5.74) is 2.16. The number of nitrogens with zero attached hydrogens (tertiary/aromatic N) is 1. The van der Waals surface area contributed by atoms with E-state index in [1.807, 2.05) is 75.4 Å². The number of carbonyl (C=O) groups excluding carboxylic acids is 1. The van der Waals surface area contributed by atoms with Crippen molar-refractivity contribution < 1.29 is 33.6 Å². The first kappa shape index (κ1) is 27.3. The van der Waals surface area contributed by atoms with Crippen LogP contribution in [-0.2, 0) is 22.6 Å². The Kier molecular flexibility index (Phi) is 8.44. The van der Waals surface area contributed by atoms with Crippen LogP contribution in [0.15, 0.2) is 66.7 Å². The lowest BCUT2D eigenvalue weighted by Crippen LogP contribution is -2.49. The summed E-state index contributed by atoms with van der Waals surface area (Å²) in [6, 6.07) is 20.3. The standard InChI is InChI=1S/C30H35NO7/c1-6-36-24-14-9-21(10-15-24)19-37-29(33)31(18-20-7-12-23(34-4)13-8-20)22-11-16-26-25(17-22)27(35-5)28(32)30(2,3)38-26/h7-17,27-28,32H,6,18-19H2,1-5H3. The largest absolute Gasteiger partial charge is 0.497 e. The van der Waals surface area contributed by atoms with Crippen LogP contribution in [0.5, 0.6) is 17.2 Å². The number of amides is 1. The third-order valence-corrected chi connectivity index (χ3v) is 6.55. The zero-order valence-corrected chi connectivity index (χ0v) is 22.5. The molecule has 4 rings (SSSR count). The first-order chi connectivity index (χ1) is 18.2. The molecule has 1 aliphatic heterocycles. The second-order valence-corrected chi connectivity index (χ2v) is 9.59. The maximum Gasteiger partial charge on any atom is 0.414 e. The van der Waals surface area contributed by atoms with Crippen molar-refractivity contribution in [1.29, 1.82) is 0 Å². The van der Waals surface area contributed by atoms with E-state index < -0.39 is 23.9 Å². The van der Waals surface area contributed by atoms with Crippen LogP contribution in [0.4, 0.5) is 10.5 Å². The second kappa shape index (κ2) is 11.8. The molecule has 1 N–H and O–H groups in total. The molecule has 0 aromatic heterocycles. The smallest absolute Gasteiger partial charge is 0.414 e. The second-order valence-electron chi connectivity index (χ2n) is 9.59. The molecule has 2 atom stereocenters. The van der Waals surface area contributed by atoms with E-state index >= 15 is 0 Å². The van der Waals surface area contributed by atoms with Gasteiger partial charge in [0.2, 0.25) is 0 Å². The predicted molar refractivity (Wildman–Crippen MR) is 144 cm³/mol. The van der Waals surface area contributed by atoms with Gasteiger partial charge < -0.3 is 28.8 Å². The summed E-state index contributed by atoms with van der Waals surface area (Å²) in [6.07, 6.45) is -2.02. The zero-order chi connectivity index (χ0) is 27.3. The molecular weight excluding hydrogens is 486 g/mol. The molecule has 202 valence electrons. The molecule has 1 aliphatic rings. The van der Waals surface area contributed by atoms with E-state index in [0.29, 0.717) is 23.6 Å². The Morgan fingerprint density at radius 2 is 1.63 bits per heavy atom. The lowest BCUT2D eigenvalue weighted by atomic mass is 9.88. The Bertz CT molecular complexity index is 1220. The zero-order valence-electron chi connectivity index (χ0n) is 22.5. The van der Waals surface area contributed by atoms with E-state index in [2.05, 4.69) is 0 Å². The fourth-order valence-corrected chi connectivity index (χ4v) is 4.40. The molecule has 0 bridgehead atoms. The molecule has 3 aromatic carbocycles. The molecule has 38 heavy (non-hydrogen) atoms. The van der Waals surface area contributed by atoms with Gasteiger partial charge in [-0.2, -0.15) is 0 Å². The summed E-state index contributed by atoms with van der Waals surface area (Å²) in [7, 11) is 3.16. The first-order valence-electron chi connectivity index (χ1n) is 12.6. The Balaban J connectivity index is 1.61. The number of carbonyl (C=O) groups is 1. The predicted octanol–water partition coefficient (Wildman–Crippen LogP) is 5.66. The topological polar surface area (TPSA) is 86.7 Å². The average Bonchev–Trinajstić information content (AvgIpc) is 2.92. The van der Waals surface area contributed by atoms with E-state index in [1.165, 1.54) is 0 Å². The molecule has 2 unspecified atom stereocenters. The Labute approximate surface area is 223 Å². The molecule has 0 radical (unpaired) electrons. The number of ether oxygens (including phenoxy) is 5. The van der Waals surface area contributed by atoms with Crippen LogP contribution in [0.2, 0.25) is 0 Å². The van der Waals surface area contributed by atoms with Gasteiger partial charge in [-0.3, -0.25) is 4.90 Å². The van der Waals surface area contributed by atoms with Crippen LogP contribution in [0.3, 0.4) is 0 Å². The van der Waals surface area contributed by atoms with Crippen molar-refractivity contribution in [2.24, 2.45) is 0 Å². The fourth-order valence-electron chi connectivity index (χ4n) is 4.40. The van der Waals surface area contributed by atoms with Gasteiger partial charge in [0, 0.05) is 18.4 Å². The van der Waals surface area contributed by atoms with Crippen molar-refractivity contribution >= 4 is 11.8 Å². The van der Waals surface area contributed by atoms with E-state index in [-0.39, 0.29) is 13.2 Å². The maximum absolute atomic E-state index is 13.4. The molecule has 3 aromatic rings. The molecule has 8 heteroatoms. The summed E-state index contributed by atoms with van der Waals surface area (Å²) in [5, 5.41) is 10.9. The number of aliphatic hydroxyl groups excluding tert-OH is 1. The van der Waals surface area contributed by atoms with E-state index in [9.17, 15) is 9.90 Å². The van der Waals surface area contributed by atoms with Gasteiger partial charge in [0.15, 0.2) is 0 Å². The van der Waals surface area contributed by atoms with Gasteiger partial charge in [-0.05, 0) is 74.4 Å². The SMILES string of the molecule is CCOc1ccc(COC(=O)N(Cc2ccc(OC)cc2)c2ccc3c(c2)C(OC)C(O)C(C)(C)O3)cc1. The molecule has 0 fully saturated rings. The Morgan fingerprint density at radius 1 is 0.974 bits per heavy atom. The first-order valence-corrected chi connectivity index (χ1v) is 12.6. The van der Waals surface area contributed by atoms with Crippen LogP contribution in [0.1, 0.15) is 43.6 Å². The monoisotopic (exact) mass is 521 g/mol. The molecule has 0 spiro atoms. The average molecular weight is 522 g/mol. The van der Waals surface area contributed by atoms with Crippen molar-refractivity contribution in [3.8, 4) is 17.2 Å². The number of fused-ring (bicyclic) bond motifs is 1. The van der Waals surface area contributed by atoms with Crippen LogP contribution in [0, 0.1) is 0 Å². The number of benzene rings is 3. The van der Waals surface area contributed by atoms with Crippen LogP contribution in [0.25, 0.3) is 0 Å². The highest BCUT2D eigenvalue weighted by Crippen LogP contribution is 2.43. The lowest BCUT2D eigenvalue weighted by molar-refractivity contribution is -0.124. The van der Waals surface area contributed by atoms with Gasteiger partial charge in [-0.25, -0.2) is 4.79 Å². The third-order valence-electron chi connectivity index (χ3n) is 6.55. The molecule has 0 saturated carbocycles. The van der Waals surface area contributed by atoms with Crippen LogP contribution >= 0.6 is 0 Å². The van der Waals surface area contributed by atoms with Gasteiger partial charge in [0.05, 0.1) is 20.3 Å². The summed E-state index contributed by atoms with van der Waals surface area (Å²) in [4.78, 5) is 15.0. The number of hydrogen-bond donors (Lipinski definition) is 1. The number of aliphatic hydroxyl groups is 1. The highest BCUT2D eigenvalue weighted by Gasteiger charge is 2.43. The molecular formula is C30H35NO7. The Morgan fingerprint density at radius 3 is 2.26 bits per heavy atom. The lowest BCUT2D eigenvalue weighted by Gasteiger charge is -2.41. The van der Waals surface area contributed by atoms with Crippen LogP contribution < -0.4 is 19.1 Å². The summed E-state index contributed by atoms with van der Waals surface area (Å²) >= 11 is 0. The quantitative estimate of drug-likeness (QED) is 0.389. The van der Waals surface area contributed by atoms with E-state index in [0.717, 1.165) is 22.6 Å². The van der Waals surface area contributed by atoms with Crippen molar-refractivity contribution in [1.82, 2.24) is 0 Å². The summed E-state index contributed by atoms with van der Waals surface area (Å²) < 4.78 is 28.2. The van der Waals surface area contributed by atoms with Gasteiger partial charge in [0.25, 0.3) is 0 Å². The molecule has 0 saturated heterocycles. The van der Waals surface area contributed by atoms with Gasteiger partial charge in [0.1, 0.15) is 41.7 Å². The number of anilines is 1. The summed E-state index contributed by atoms with van der Waals surface area (Å²) in [6.45, 7) is 6.50.